The molecule has 1 aliphatic carbocycles. The molecule has 4 rings (SSSR count). The van der Waals surface area contributed by atoms with Crippen molar-refractivity contribution in [2.24, 2.45) is 5.73 Å². The van der Waals surface area contributed by atoms with E-state index >= 15 is 0 Å². The van der Waals surface area contributed by atoms with Crippen molar-refractivity contribution in [2.75, 3.05) is 0 Å². The van der Waals surface area contributed by atoms with Crippen LogP contribution in [-0.4, -0.2) is 32.2 Å². The number of nitrogens with zero attached hydrogens (tertiary/aromatic N) is 3. The Morgan fingerprint density at radius 3 is 2.80 bits per heavy atom. The third-order valence-corrected chi connectivity index (χ3v) is 4.08. The zero-order valence-corrected chi connectivity index (χ0v) is 13.2. The summed E-state index contributed by atoms with van der Waals surface area (Å²) in [5.41, 5.74) is 6.32. The number of carbonyl (C=O) groups excluding carboxylic acids is 2. The highest BCUT2D eigenvalue weighted by atomic mass is 16.3. The van der Waals surface area contributed by atoms with Crippen LogP contribution in [0.25, 0.3) is 17.1 Å². The number of hydrogen-bond acceptors (Lipinski definition) is 5. The van der Waals surface area contributed by atoms with Crippen LogP contribution in [0.15, 0.2) is 47.4 Å². The summed E-state index contributed by atoms with van der Waals surface area (Å²) in [5.74, 6) is -0.504. The van der Waals surface area contributed by atoms with Gasteiger partial charge in [0.1, 0.15) is 17.7 Å². The minimum atomic E-state index is -0.710. The summed E-state index contributed by atoms with van der Waals surface area (Å²) in [6.07, 6.45) is 8.53. The first-order chi connectivity index (χ1) is 12.1. The van der Waals surface area contributed by atoms with E-state index in [1.54, 1.807) is 18.2 Å². The van der Waals surface area contributed by atoms with Gasteiger partial charge in [-0.15, -0.1) is 0 Å². The molecule has 8 heteroatoms. The van der Waals surface area contributed by atoms with Crippen molar-refractivity contribution in [3.63, 3.8) is 0 Å². The monoisotopic (exact) mass is 337 g/mol. The average Bonchev–Trinajstić information content (AvgIpc) is 3.34. The Kier molecular flexibility index (Phi) is 3.57. The van der Waals surface area contributed by atoms with Crippen molar-refractivity contribution in [2.45, 2.75) is 18.9 Å². The molecule has 0 bridgehead atoms. The number of furan rings is 1. The fraction of sp³-hybridized carbons (Fsp3) is 0.176. The van der Waals surface area contributed by atoms with Gasteiger partial charge in [-0.25, -0.2) is 9.97 Å². The molecule has 0 aromatic carbocycles. The molecule has 0 radical (unpaired) electrons. The minimum absolute atomic E-state index is 0.00462. The first-order valence-electron chi connectivity index (χ1n) is 7.81. The van der Waals surface area contributed by atoms with Crippen LogP contribution < -0.4 is 11.1 Å². The molecule has 1 aliphatic rings. The number of fused-ring (bicyclic) bond motifs is 1. The summed E-state index contributed by atoms with van der Waals surface area (Å²) in [6.45, 7) is 0. The predicted octanol–water partition coefficient (Wildman–Crippen LogP) is 1.54. The molecular weight excluding hydrogens is 322 g/mol. The van der Waals surface area contributed by atoms with Crippen LogP contribution in [0.1, 0.15) is 33.8 Å². The van der Waals surface area contributed by atoms with E-state index in [-0.39, 0.29) is 23.3 Å². The third kappa shape index (κ3) is 2.67. The Bertz CT molecular complexity index is 979. The SMILES string of the molecule is NC(=O)c1ncn2c(C(=O)NC3CC=CC3)cc(-c3ccco3)nc12. The normalized spacial score (nSPS) is 14.2. The molecule has 0 spiro atoms. The second-order valence-corrected chi connectivity index (χ2v) is 5.77. The zero-order valence-electron chi connectivity index (χ0n) is 13.2. The Hall–Kier alpha value is -3.42. The fourth-order valence-corrected chi connectivity index (χ4v) is 2.86. The van der Waals surface area contributed by atoms with E-state index in [2.05, 4.69) is 15.3 Å². The van der Waals surface area contributed by atoms with Gasteiger partial charge in [0.25, 0.3) is 11.8 Å². The van der Waals surface area contributed by atoms with E-state index in [9.17, 15) is 9.59 Å². The van der Waals surface area contributed by atoms with E-state index in [1.165, 1.54) is 17.0 Å². The molecule has 0 saturated heterocycles. The molecule has 0 atom stereocenters. The summed E-state index contributed by atoms with van der Waals surface area (Å²) in [4.78, 5) is 32.7. The van der Waals surface area contributed by atoms with Gasteiger partial charge in [0.15, 0.2) is 17.1 Å². The van der Waals surface area contributed by atoms with E-state index in [4.69, 9.17) is 10.2 Å². The van der Waals surface area contributed by atoms with Crippen LogP contribution in [0.4, 0.5) is 0 Å². The summed E-state index contributed by atoms with van der Waals surface area (Å²) in [5, 5.41) is 2.97. The second-order valence-electron chi connectivity index (χ2n) is 5.77. The lowest BCUT2D eigenvalue weighted by Gasteiger charge is -2.13. The smallest absolute Gasteiger partial charge is 0.271 e. The van der Waals surface area contributed by atoms with E-state index in [1.807, 2.05) is 12.2 Å². The number of imidazole rings is 1. The van der Waals surface area contributed by atoms with E-state index in [0.29, 0.717) is 17.1 Å². The van der Waals surface area contributed by atoms with Gasteiger partial charge < -0.3 is 15.5 Å². The van der Waals surface area contributed by atoms with Crippen molar-refractivity contribution >= 4 is 17.5 Å². The number of amides is 2. The van der Waals surface area contributed by atoms with Gasteiger partial charge in [-0.05, 0) is 31.0 Å². The zero-order chi connectivity index (χ0) is 17.4. The highest BCUT2D eigenvalue weighted by molar-refractivity contribution is 5.99. The van der Waals surface area contributed by atoms with Crippen molar-refractivity contribution < 1.29 is 14.0 Å². The van der Waals surface area contributed by atoms with Gasteiger partial charge in [-0.3, -0.25) is 14.0 Å². The lowest BCUT2D eigenvalue weighted by Crippen LogP contribution is -2.34. The third-order valence-electron chi connectivity index (χ3n) is 4.08. The standard InChI is InChI=1S/C17H15N5O3/c18-15(23)14-16-21-11(13-6-3-7-25-13)8-12(22(16)9-19-14)17(24)20-10-4-1-2-5-10/h1-3,6-10H,4-5H2,(H2,18,23)(H,20,24). The molecule has 0 unspecified atom stereocenters. The number of hydrogen-bond donors (Lipinski definition) is 2. The molecule has 2 amide bonds. The van der Waals surface area contributed by atoms with E-state index < -0.39 is 5.91 Å². The second kappa shape index (κ2) is 5.90. The lowest BCUT2D eigenvalue weighted by molar-refractivity contribution is 0.0931. The molecule has 0 aliphatic heterocycles. The number of nitrogens with one attached hydrogen (secondary N) is 1. The molecule has 0 fully saturated rings. The molecule has 3 aromatic rings. The van der Waals surface area contributed by atoms with Crippen LogP contribution in [0.5, 0.6) is 0 Å². The molecule has 8 nitrogen and oxygen atoms in total. The molecular formula is C17H15N5O3. The minimum Gasteiger partial charge on any atom is -0.463 e. The molecule has 3 aromatic heterocycles. The Labute approximate surface area is 142 Å². The topological polar surface area (TPSA) is 116 Å². The van der Waals surface area contributed by atoms with Crippen LogP contribution in [0, 0.1) is 0 Å². The summed E-state index contributed by atoms with van der Waals surface area (Å²) >= 11 is 0. The number of nitrogens with two attached hydrogens (primary N) is 1. The number of primary amides is 1. The molecule has 3 heterocycles. The van der Waals surface area contributed by atoms with E-state index in [0.717, 1.165) is 12.8 Å². The maximum Gasteiger partial charge on any atom is 0.271 e. The van der Waals surface area contributed by atoms with Crippen molar-refractivity contribution in [1.29, 1.82) is 0 Å². The Balaban J connectivity index is 1.83. The van der Waals surface area contributed by atoms with Gasteiger partial charge in [0.05, 0.1) is 6.26 Å². The molecule has 25 heavy (non-hydrogen) atoms. The molecule has 126 valence electrons. The summed E-state index contributed by atoms with van der Waals surface area (Å²) in [6, 6.07) is 5.11. The fourth-order valence-electron chi connectivity index (χ4n) is 2.86. The largest absolute Gasteiger partial charge is 0.463 e. The predicted molar refractivity (Wildman–Crippen MR) is 88.8 cm³/mol. The number of aromatic nitrogens is 3. The Morgan fingerprint density at radius 2 is 2.12 bits per heavy atom. The first-order valence-corrected chi connectivity index (χ1v) is 7.81. The molecule has 0 saturated carbocycles. The van der Waals surface area contributed by atoms with Crippen LogP contribution in [0.2, 0.25) is 0 Å². The summed E-state index contributed by atoms with van der Waals surface area (Å²) < 4.78 is 6.83. The quantitative estimate of drug-likeness (QED) is 0.701. The van der Waals surface area contributed by atoms with Crippen LogP contribution >= 0.6 is 0 Å². The highest BCUT2D eigenvalue weighted by Gasteiger charge is 2.22. The van der Waals surface area contributed by atoms with Crippen molar-refractivity contribution in [1.82, 2.24) is 19.7 Å². The van der Waals surface area contributed by atoms with Gasteiger partial charge in [0.2, 0.25) is 0 Å². The summed E-state index contributed by atoms with van der Waals surface area (Å²) in [7, 11) is 0. The first kappa shape index (κ1) is 15.1. The Morgan fingerprint density at radius 1 is 1.32 bits per heavy atom. The average molecular weight is 337 g/mol. The van der Waals surface area contributed by atoms with Crippen molar-refractivity contribution in [3.8, 4) is 11.5 Å². The van der Waals surface area contributed by atoms with Gasteiger partial charge in [-0.1, -0.05) is 12.2 Å². The number of rotatable bonds is 4. The number of carbonyl (C=O) groups is 2. The molecule has 3 N–H and O–H groups in total. The maximum absolute atomic E-state index is 12.8. The highest BCUT2D eigenvalue weighted by Crippen LogP contribution is 2.22. The lowest BCUT2D eigenvalue weighted by atomic mass is 10.2. The van der Waals surface area contributed by atoms with Gasteiger partial charge >= 0.3 is 0 Å². The van der Waals surface area contributed by atoms with Crippen LogP contribution in [-0.2, 0) is 0 Å². The van der Waals surface area contributed by atoms with Gasteiger partial charge in [0, 0.05) is 6.04 Å². The van der Waals surface area contributed by atoms with Crippen LogP contribution in [0.3, 0.4) is 0 Å². The maximum atomic E-state index is 12.8. The van der Waals surface area contributed by atoms with Crippen molar-refractivity contribution in [3.05, 3.63) is 54.3 Å². The van der Waals surface area contributed by atoms with Gasteiger partial charge in [-0.2, -0.15) is 0 Å².